The Bertz CT molecular complexity index is 1400. The first kappa shape index (κ1) is 21.7. The Morgan fingerprint density at radius 1 is 1.15 bits per heavy atom. The number of hydrogen-bond donors (Lipinski definition) is 2. The second kappa shape index (κ2) is 8.02. The Kier molecular flexibility index (Phi) is 5.27. The number of fused-ring (bicyclic) bond motifs is 1. The molecule has 0 bridgehead atoms. The smallest absolute Gasteiger partial charge is 0.275 e. The number of piperidine rings is 1. The van der Waals surface area contributed by atoms with Gasteiger partial charge in [0.05, 0.1) is 28.2 Å². The summed E-state index contributed by atoms with van der Waals surface area (Å²) in [7, 11) is -3.50. The van der Waals surface area contributed by atoms with Gasteiger partial charge in [-0.1, -0.05) is 12.1 Å². The van der Waals surface area contributed by atoms with E-state index >= 15 is 0 Å². The molecule has 10 heteroatoms. The van der Waals surface area contributed by atoms with Gasteiger partial charge < -0.3 is 4.90 Å². The topological polar surface area (TPSA) is 117 Å². The third kappa shape index (κ3) is 3.92. The summed E-state index contributed by atoms with van der Waals surface area (Å²) >= 11 is 0. The van der Waals surface area contributed by atoms with E-state index in [0.717, 1.165) is 25.0 Å². The molecule has 174 valence electrons. The van der Waals surface area contributed by atoms with Crippen LogP contribution in [0.5, 0.6) is 0 Å². The standard InChI is InChI=1S/C23H27N5O4S/c1-14-15(2)24-21-13-19(25-28(21)22(14)29)20-9-5-6-12-27(20)23(30)17-7-3-4-8-18(17)26-33(31,32)16-10-11-16/h3-4,7-8,13,16,20,25-26H,5-6,9-12H2,1-2H3/t20-/m0/s1. The molecular weight excluding hydrogens is 442 g/mol. The molecule has 0 spiro atoms. The summed E-state index contributed by atoms with van der Waals surface area (Å²) in [6.45, 7) is 4.09. The lowest BCUT2D eigenvalue weighted by Crippen LogP contribution is -2.39. The number of benzene rings is 1. The van der Waals surface area contributed by atoms with Gasteiger partial charge in [0.25, 0.3) is 11.5 Å². The van der Waals surface area contributed by atoms with Crippen molar-refractivity contribution >= 4 is 27.3 Å². The molecular formula is C23H27N5O4S. The van der Waals surface area contributed by atoms with Crippen LogP contribution in [0.4, 0.5) is 5.69 Å². The maximum atomic E-state index is 13.7. The average Bonchev–Trinajstić information content (AvgIpc) is 3.59. The van der Waals surface area contributed by atoms with Crippen molar-refractivity contribution in [2.45, 2.75) is 57.2 Å². The predicted molar refractivity (Wildman–Crippen MR) is 125 cm³/mol. The molecule has 3 heterocycles. The molecule has 1 aliphatic heterocycles. The molecule has 5 rings (SSSR count). The minimum absolute atomic E-state index is 0.155. The van der Waals surface area contributed by atoms with E-state index < -0.39 is 10.0 Å². The van der Waals surface area contributed by atoms with E-state index in [1.165, 1.54) is 4.52 Å². The molecule has 1 saturated carbocycles. The van der Waals surface area contributed by atoms with Crippen molar-refractivity contribution in [2.24, 2.45) is 0 Å². The van der Waals surface area contributed by atoms with E-state index in [2.05, 4.69) is 14.8 Å². The minimum Gasteiger partial charge on any atom is -0.330 e. The Labute approximate surface area is 191 Å². The molecule has 1 saturated heterocycles. The number of sulfonamides is 1. The lowest BCUT2D eigenvalue weighted by Gasteiger charge is -2.35. The van der Waals surface area contributed by atoms with Crippen molar-refractivity contribution in [2.75, 3.05) is 11.3 Å². The number of H-pyrrole nitrogens is 1. The van der Waals surface area contributed by atoms with Crippen molar-refractivity contribution < 1.29 is 13.2 Å². The fourth-order valence-electron chi connectivity index (χ4n) is 4.43. The van der Waals surface area contributed by atoms with Crippen LogP contribution >= 0.6 is 0 Å². The number of rotatable bonds is 5. The third-order valence-corrected chi connectivity index (χ3v) is 8.45. The Balaban J connectivity index is 1.50. The number of nitrogens with zero attached hydrogens (tertiary/aromatic N) is 3. The highest BCUT2D eigenvalue weighted by atomic mass is 32.2. The normalized spacial score (nSPS) is 19.1. The van der Waals surface area contributed by atoms with Gasteiger partial charge in [-0.05, 0) is 58.1 Å². The first-order chi connectivity index (χ1) is 15.8. The summed E-state index contributed by atoms with van der Waals surface area (Å²) in [5.74, 6) is -0.236. The molecule has 3 aromatic rings. The molecule has 2 N–H and O–H groups in total. The van der Waals surface area contributed by atoms with E-state index in [0.29, 0.717) is 47.5 Å². The van der Waals surface area contributed by atoms with Crippen LogP contribution in [-0.4, -0.2) is 45.6 Å². The van der Waals surface area contributed by atoms with Crippen molar-refractivity contribution in [1.29, 1.82) is 0 Å². The molecule has 2 aliphatic rings. The first-order valence-corrected chi connectivity index (χ1v) is 12.8. The molecule has 0 radical (unpaired) electrons. The van der Waals surface area contributed by atoms with Crippen molar-refractivity contribution in [3.05, 3.63) is 63.2 Å². The number of amides is 1. The lowest BCUT2D eigenvalue weighted by atomic mass is 9.98. The highest BCUT2D eigenvalue weighted by molar-refractivity contribution is 7.93. The van der Waals surface area contributed by atoms with Gasteiger partial charge in [-0.25, -0.2) is 17.9 Å². The van der Waals surface area contributed by atoms with Gasteiger partial charge in [-0.15, -0.1) is 0 Å². The quantitative estimate of drug-likeness (QED) is 0.596. The molecule has 1 aromatic carbocycles. The molecule has 33 heavy (non-hydrogen) atoms. The largest absolute Gasteiger partial charge is 0.330 e. The highest BCUT2D eigenvalue weighted by Gasteiger charge is 2.37. The van der Waals surface area contributed by atoms with Gasteiger partial charge in [0.1, 0.15) is 0 Å². The van der Waals surface area contributed by atoms with Crippen LogP contribution in [0, 0.1) is 13.8 Å². The second-order valence-corrected chi connectivity index (χ2v) is 10.9. The van der Waals surface area contributed by atoms with Gasteiger partial charge in [0.15, 0.2) is 5.65 Å². The van der Waals surface area contributed by atoms with Crippen LogP contribution in [0.1, 0.15) is 65.5 Å². The number of anilines is 1. The van der Waals surface area contributed by atoms with Crippen molar-refractivity contribution in [3.63, 3.8) is 0 Å². The van der Waals surface area contributed by atoms with Crippen molar-refractivity contribution in [3.8, 4) is 0 Å². The monoisotopic (exact) mass is 469 g/mol. The predicted octanol–water partition coefficient (Wildman–Crippen LogP) is 2.91. The van der Waals surface area contributed by atoms with E-state index in [1.807, 2.05) is 6.07 Å². The van der Waals surface area contributed by atoms with E-state index in [1.54, 1.807) is 43.0 Å². The number of hydrogen-bond acceptors (Lipinski definition) is 5. The molecule has 0 unspecified atom stereocenters. The Morgan fingerprint density at radius 2 is 1.91 bits per heavy atom. The molecule has 2 fully saturated rings. The van der Waals surface area contributed by atoms with Gasteiger partial charge in [-0.3, -0.25) is 19.4 Å². The van der Waals surface area contributed by atoms with E-state index in [9.17, 15) is 18.0 Å². The summed E-state index contributed by atoms with van der Waals surface area (Å²) in [6.07, 6.45) is 3.83. The number of para-hydroxylation sites is 1. The third-order valence-electron chi connectivity index (χ3n) is 6.60. The number of aryl methyl sites for hydroxylation is 1. The van der Waals surface area contributed by atoms with Crippen LogP contribution < -0.4 is 10.3 Å². The number of nitrogens with one attached hydrogen (secondary N) is 2. The zero-order chi connectivity index (χ0) is 23.3. The van der Waals surface area contributed by atoms with Gasteiger partial charge in [-0.2, -0.15) is 0 Å². The summed E-state index contributed by atoms with van der Waals surface area (Å²) in [5.41, 5.74) is 3.00. The first-order valence-electron chi connectivity index (χ1n) is 11.3. The minimum atomic E-state index is -3.50. The zero-order valence-electron chi connectivity index (χ0n) is 18.7. The number of aromatic nitrogens is 3. The van der Waals surface area contributed by atoms with Crippen molar-refractivity contribution in [1.82, 2.24) is 19.5 Å². The maximum absolute atomic E-state index is 13.7. The number of likely N-dealkylation sites (tertiary alicyclic amines) is 1. The molecule has 1 amide bonds. The number of carbonyl (C=O) groups excluding carboxylic acids is 1. The molecule has 1 atom stereocenters. The Morgan fingerprint density at radius 3 is 2.67 bits per heavy atom. The number of aromatic amines is 1. The zero-order valence-corrected chi connectivity index (χ0v) is 19.5. The van der Waals surface area contributed by atoms with E-state index in [4.69, 9.17) is 0 Å². The summed E-state index contributed by atoms with van der Waals surface area (Å²) in [6, 6.07) is 8.30. The van der Waals surface area contributed by atoms with Crippen LogP contribution in [-0.2, 0) is 10.0 Å². The fraction of sp³-hybridized carbons (Fsp3) is 0.435. The van der Waals surface area contributed by atoms with Gasteiger partial charge in [0.2, 0.25) is 10.0 Å². The van der Waals surface area contributed by atoms with Crippen LogP contribution in [0.25, 0.3) is 5.65 Å². The Hall–Kier alpha value is -3.14. The highest BCUT2D eigenvalue weighted by Crippen LogP contribution is 2.34. The summed E-state index contributed by atoms with van der Waals surface area (Å²) in [5, 5.41) is 2.77. The van der Waals surface area contributed by atoms with E-state index in [-0.39, 0.29) is 22.8 Å². The second-order valence-electron chi connectivity index (χ2n) is 8.93. The summed E-state index contributed by atoms with van der Waals surface area (Å²) < 4.78 is 29.1. The molecule has 9 nitrogen and oxygen atoms in total. The van der Waals surface area contributed by atoms with Crippen LogP contribution in [0.15, 0.2) is 35.1 Å². The summed E-state index contributed by atoms with van der Waals surface area (Å²) in [4.78, 5) is 32.6. The molecule has 1 aliphatic carbocycles. The lowest BCUT2D eigenvalue weighted by molar-refractivity contribution is 0.0607. The average molecular weight is 470 g/mol. The van der Waals surface area contributed by atoms with Crippen LogP contribution in [0.2, 0.25) is 0 Å². The van der Waals surface area contributed by atoms with Crippen LogP contribution in [0.3, 0.4) is 0 Å². The van der Waals surface area contributed by atoms with Gasteiger partial charge >= 0.3 is 0 Å². The fourth-order valence-corrected chi connectivity index (χ4v) is 5.84. The maximum Gasteiger partial charge on any atom is 0.275 e. The SMILES string of the molecule is Cc1nc2cc([C@@H]3CCCCN3C(=O)c3ccccc3NS(=O)(=O)C3CC3)[nH]n2c(=O)c1C. The molecule has 2 aromatic heterocycles. The number of carbonyl (C=O) groups is 1. The van der Waals surface area contributed by atoms with Gasteiger partial charge in [0, 0.05) is 23.9 Å².